The molecule has 1 N–H and O–H groups in total. The van der Waals surface area contributed by atoms with Crippen LogP contribution in [0.2, 0.25) is 0 Å². The summed E-state index contributed by atoms with van der Waals surface area (Å²) in [4.78, 5) is 2.48. The maximum atomic E-state index is 11.3. The second kappa shape index (κ2) is 6.02. The van der Waals surface area contributed by atoms with Crippen LogP contribution in [0, 0.1) is 0 Å². The van der Waals surface area contributed by atoms with Crippen molar-refractivity contribution in [1.29, 1.82) is 0 Å². The molecule has 0 unspecified atom stereocenters. The SMILES string of the molecule is CNCCCN(C)c1ccc(S(C)(=O)=O)cc1. The summed E-state index contributed by atoms with van der Waals surface area (Å²) < 4.78 is 22.6. The normalized spacial score (nSPS) is 11.5. The number of hydrogen-bond acceptors (Lipinski definition) is 4. The van der Waals surface area contributed by atoms with E-state index in [0.717, 1.165) is 25.2 Å². The lowest BCUT2D eigenvalue weighted by Crippen LogP contribution is -2.22. The Bertz CT molecular complexity index is 440. The zero-order chi connectivity index (χ0) is 12.9. The van der Waals surface area contributed by atoms with Crippen LogP contribution in [-0.2, 0) is 9.84 Å². The predicted octanol–water partition coefficient (Wildman–Crippen LogP) is 1.14. The fourth-order valence-electron chi connectivity index (χ4n) is 1.57. The molecule has 1 rings (SSSR count). The van der Waals surface area contributed by atoms with E-state index in [9.17, 15) is 8.42 Å². The van der Waals surface area contributed by atoms with E-state index in [2.05, 4.69) is 10.2 Å². The molecule has 0 aliphatic carbocycles. The second-order valence-electron chi connectivity index (χ2n) is 4.14. The molecule has 0 saturated carbocycles. The molecule has 1 aromatic rings. The number of anilines is 1. The average Bonchev–Trinajstić information content (AvgIpc) is 2.28. The van der Waals surface area contributed by atoms with Crippen LogP contribution in [0.5, 0.6) is 0 Å². The predicted molar refractivity (Wildman–Crippen MR) is 71.4 cm³/mol. The van der Waals surface area contributed by atoms with Gasteiger partial charge in [0.05, 0.1) is 4.90 Å². The summed E-state index contributed by atoms with van der Waals surface area (Å²) >= 11 is 0. The molecule has 0 spiro atoms. The third kappa shape index (κ3) is 4.36. The van der Waals surface area contributed by atoms with E-state index in [1.165, 1.54) is 6.26 Å². The van der Waals surface area contributed by atoms with Crippen molar-refractivity contribution in [3.05, 3.63) is 24.3 Å². The molecule has 0 atom stereocenters. The molecule has 0 aliphatic heterocycles. The summed E-state index contributed by atoms with van der Waals surface area (Å²) in [5, 5.41) is 3.10. The Morgan fingerprint density at radius 1 is 1.24 bits per heavy atom. The van der Waals surface area contributed by atoms with Gasteiger partial charge in [0.2, 0.25) is 0 Å². The van der Waals surface area contributed by atoms with E-state index in [0.29, 0.717) is 4.90 Å². The van der Waals surface area contributed by atoms with E-state index in [-0.39, 0.29) is 0 Å². The van der Waals surface area contributed by atoms with Crippen molar-refractivity contribution < 1.29 is 8.42 Å². The van der Waals surface area contributed by atoms with Gasteiger partial charge in [-0.2, -0.15) is 0 Å². The monoisotopic (exact) mass is 256 g/mol. The Hall–Kier alpha value is -1.07. The third-order valence-corrected chi connectivity index (χ3v) is 3.75. The van der Waals surface area contributed by atoms with Crippen LogP contribution in [0.4, 0.5) is 5.69 Å². The van der Waals surface area contributed by atoms with E-state index < -0.39 is 9.84 Å². The summed E-state index contributed by atoms with van der Waals surface area (Å²) in [5.41, 5.74) is 1.04. The molecule has 0 aliphatic rings. The summed E-state index contributed by atoms with van der Waals surface area (Å²) in [7, 11) is 0.842. The second-order valence-corrected chi connectivity index (χ2v) is 6.16. The molecule has 5 heteroatoms. The molecule has 17 heavy (non-hydrogen) atoms. The van der Waals surface area contributed by atoms with E-state index >= 15 is 0 Å². The Morgan fingerprint density at radius 2 is 1.82 bits per heavy atom. The zero-order valence-electron chi connectivity index (χ0n) is 10.6. The van der Waals surface area contributed by atoms with E-state index in [4.69, 9.17) is 0 Å². The third-order valence-electron chi connectivity index (χ3n) is 2.63. The number of rotatable bonds is 6. The van der Waals surface area contributed by atoms with Gasteiger partial charge >= 0.3 is 0 Å². The Labute approximate surface area is 104 Å². The quantitative estimate of drug-likeness (QED) is 0.775. The molecule has 0 saturated heterocycles. The minimum absolute atomic E-state index is 0.366. The van der Waals surface area contributed by atoms with Gasteiger partial charge in [0.25, 0.3) is 0 Å². The van der Waals surface area contributed by atoms with E-state index in [1.807, 2.05) is 26.2 Å². The number of nitrogens with zero attached hydrogens (tertiary/aromatic N) is 1. The topological polar surface area (TPSA) is 49.4 Å². The summed E-state index contributed by atoms with van der Waals surface area (Å²) in [6, 6.07) is 6.99. The number of sulfone groups is 1. The first-order chi connectivity index (χ1) is 7.95. The average molecular weight is 256 g/mol. The zero-order valence-corrected chi connectivity index (χ0v) is 11.4. The molecule has 0 radical (unpaired) electrons. The number of benzene rings is 1. The van der Waals surface area contributed by atoms with Gasteiger partial charge in [-0.25, -0.2) is 8.42 Å². The summed E-state index contributed by atoms with van der Waals surface area (Å²) in [6.45, 7) is 1.92. The van der Waals surface area contributed by atoms with Crippen LogP contribution in [-0.4, -0.2) is 41.9 Å². The lowest BCUT2D eigenvalue weighted by atomic mass is 10.3. The number of nitrogens with one attached hydrogen (secondary N) is 1. The molecule has 96 valence electrons. The molecule has 0 fully saturated rings. The van der Waals surface area contributed by atoms with Crippen LogP contribution in [0.15, 0.2) is 29.2 Å². The maximum absolute atomic E-state index is 11.3. The first-order valence-corrected chi connectivity index (χ1v) is 7.50. The number of hydrogen-bond donors (Lipinski definition) is 1. The van der Waals surface area contributed by atoms with Gasteiger partial charge in [-0.3, -0.25) is 0 Å². The van der Waals surface area contributed by atoms with Gasteiger partial charge in [-0.15, -0.1) is 0 Å². The van der Waals surface area contributed by atoms with Gasteiger partial charge < -0.3 is 10.2 Å². The molecule has 1 aromatic carbocycles. The van der Waals surface area contributed by atoms with Crippen molar-refractivity contribution in [2.45, 2.75) is 11.3 Å². The van der Waals surface area contributed by atoms with Crippen molar-refractivity contribution in [3.63, 3.8) is 0 Å². The van der Waals surface area contributed by atoms with Gasteiger partial charge in [-0.05, 0) is 44.3 Å². The molecule has 0 amide bonds. The lowest BCUT2D eigenvalue weighted by Gasteiger charge is -2.19. The molecular weight excluding hydrogens is 236 g/mol. The van der Waals surface area contributed by atoms with Crippen molar-refractivity contribution in [2.75, 3.05) is 38.3 Å². The Kier molecular flexibility index (Phi) is 4.96. The molecule has 0 heterocycles. The summed E-state index contributed by atoms with van der Waals surface area (Å²) in [6.07, 6.45) is 2.28. The van der Waals surface area contributed by atoms with Gasteiger partial charge in [0.15, 0.2) is 9.84 Å². The largest absolute Gasteiger partial charge is 0.375 e. The summed E-state index contributed by atoms with van der Waals surface area (Å²) in [5.74, 6) is 0. The highest BCUT2D eigenvalue weighted by Gasteiger charge is 2.07. The Morgan fingerprint density at radius 3 is 2.29 bits per heavy atom. The van der Waals surface area contributed by atoms with Crippen LogP contribution in [0.1, 0.15) is 6.42 Å². The lowest BCUT2D eigenvalue weighted by molar-refractivity contribution is 0.602. The van der Waals surface area contributed by atoms with Crippen molar-refractivity contribution in [2.24, 2.45) is 0 Å². The molecule has 0 bridgehead atoms. The van der Waals surface area contributed by atoms with Crippen molar-refractivity contribution >= 4 is 15.5 Å². The fourth-order valence-corrected chi connectivity index (χ4v) is 2.20. The van der Waals surface area contributed by atoms with Crippen LogP contribution in [0.25, 0.3) is 0 Å². The van der Waals surface area contributed by atoms with Crippen LogP contribution in [0.3, 0.4) is 0 Å². The van der Waals surface area contributed by atoms with Gasteiger partial charge in [0, 0.05) is 25.5 Å². The standard InChI is InChI=1S/C12H20N2O2S/c1-13-9-4-10-14(2)11-5-7-12(8-6-11)17(3,15)16/h5-8,13H,4,9-10H2,1-3H3. The van der Waals surface area contributed by atoms with Gasteiger partial charge in [-0.1, -0.05) is 0 Å². The molecule has 0 aromatic heterocycles. The van der Waals surface area contributed by atoms with Crippen molar-refractivity contribution in [3.8, 4) is 0 Å². The minimum Gasteiger partial charge on any atom is -0.375 e. The van der Waals surface area contributed by atoms with E-state index in [1.54, 1.807) is 12.1 Å². The maximum Gasteiger partial charge on any atom is 0.175 e. The smallest absolute Gasteiger partial charge is 0.175 e. The van der Waals surface area contributed by atoms with Gasteiger partial charge in [0.1, 0.15) is 0 Å². The minimum atomic E-state index is -3.09. The molecular formula is C12H20N2O2S. The van der Waals surface area contributed by atoms with Crippen LogP contribution >= 0.6 is 0 Å². The highest BCUT2D eigenvalue weighted by Crippen LogP contribution is 2.16. The first-order valence-electron chi connectivity index (χ1n) is 5.61. The first kappa shape index (κ1) is 14.0. The fraction of sp³-hybridized carbons (Fsp3) is 0.500. The van der Waals surface area contributed by atoms with Crippen LogP contribution < -0.4 is 10.2 Å². The highest BCUT2D eigenvalue weighted by atomic mass is 32.2. The Balaban J connectivity index is 2.67. The highest BCUT2D eigenvalue weighted by molar-refractivity contribution is 7.90. The van der Waals surface area contributed by atoms with Crippen molar-refractivity contribution in [1.82, 2.24) is 5.32 Å². The molecule has 4 nitrogen and oxygen atoms in total.